The molecular weight excluding hydrogens is 292 g/mol. The Morgan fingerprint density at radius 2 is 1.94 bits per heavy atom. The summed E-state index contributed by atoms with van der Waals surface area (Å²) in [6.07, 6.45) is 4.30. The molecule has 1 N–H and O–H groups in total. The zero-order valence-electron chi connectivity index (χ0n) is 11.3. The molecule has 3 heteroatoms. The van der Waals surface area contributed by atoms with Crippen molar-refractivity contribution in [1.82, 2.24) is 0 Å². The topological polar surface area (TPSA) is 29.5 Å². The van der Waals surface area contributed by atoms with E-state index in [-0.39, 0.29) is 0 Å². The van der Waals surface area contributed by atoms with Gasteiger partial charge in [-0.15, -0.1) is 0 Å². The Morgan fingerprint density at radius 3 is 2.50 bits per heavy atom. The van der Waals surface area contributed by atoms with Crippen LogP contribution in [-0.2, 0) is 0 Å². The van der Waals surface area contributed by atoms with Gasteiger partial charge >= 0.3 is 0 Å². The first-order valence-electron chi connectivity index (χ1n) is 6.58. The van der Waals surface area contributed by atoms with Gasteiger partial charge in [0.05, 0.1) is 13.2 Å². The van der Waals surface area contributed by atoms with Gasteiger partial charge in [0.1, 0.15) is 5.75 Å². The molecule has 0 saturated heterocycles. The molecule has 1 unspecified atom stereocenters. The van der Waals surface area contributed by atoms with Crippen molar-refractivity contribution < 1.29 is 9.84 Å². The summed E-state index contributed by atoms with van der Waals surface area (Å²) in [7, 11) is 1.68. The number of methoxy groups -OCH3 is 1. The van der Waals surface area contributed by atoms with Crippen LogP contribution < -0.4 is 4.74 Å². The summed E-state index contributed by atoms with van der Waals surface area (Å²) in [6, 6.07) is 2.05. The molecule has 0 bridgehead atoms. The quantitative estimate of drug-likeness (QED) is 0.901. The zero-order valence-corrected chi connectivity index (χ0v) is 12.9. The maximum Gasteiger partial charge on any atom is 0.127 e. The average Bonchev–Trinajstić information content (AvgIpc) is 2.86. The van der Waals surface area contributed by atoms with Crippen LogP contribution in [0.2, 0.25) is 0 Å². The molecule has 1 aliphatic carbocycles. The minimum Gasteiger partial charge on any atom is -0.496 e. The van der Waals surface area contributed by atoms with Gasteiger partial charge < -0.3 is 9.84 Å². The van der Waals surface area contributed by atoms with Gasteiger partial charge in [-0.1, -0.05) is 28.8 Å². The molecule has 0 radical (unpaired) electrons. The van der Waals surface area contributed by atoms with E-state index < -0.39 is 6.10 Å². The minimum atomic E-state index is -0.404. The average molecular weight is 313 g/mol. The van der Waals surface area contributed by atoms with Gasteiger partial charge in [0, 0.05) is 10.0 Å². The third-order valence-corrected chi connectivity index (χ3v) is 4.88. The lowest BCUT2D eigenvalue weighted by atomic mass is 9.89. The molecule has 1 aromatic rings. The van der Waals surface area contributed by atoms with Crippen LogP contribution in [-0.4, -0.2) is 12.2 Å². The summed E-state index contributed by atoms with van der Waals surface area (Å²) in [5, 5.41) is 10.7. The van der Waals surface area contributed by atoms with E-state index >= 15 is 0 Å². The molecule has 0 spiro atoms. The lowest BCUT2D eigenvalue weighted by Gasteiger charge is -2.24. The summed E-state index contributed by atoms with van der Waals surface area (Å²) >= 11 is 3.57. The maximum absolute atomic E-state index is 10.7. The highest BCUT2D eigenvalue weighted by Gasteiger charge is 2.29. The number of aliphatic hydroxyl groups is 1. The van der Waals surface area contributed by atoms with Gasteiger partial charge in [-0.3, -0.25) is 0 Å². The van der Waals surface area contributed by atoms with Crippen molar-refractivity contribution in [2.24, 2.45) is 5.92 Å². The highest BCUT2D eigenvalue weighted by Crippen LogP contribution is 2.43. The number of ether oxygens (including phenoxy) is 1. The van der Waals surface area contributed by atoms with Crippen LogP contribution in [0.4, 0.5) is 0 Å². The maximum atomic E-state index is 10.7. The molecule has 0 aliphatic heterocycles. The second kappa shape index (κ2) is 5.62. The number of hydrogen-bond acceptors (Lipinski definition) is 2. The first-order valence-corrected chi connectivity index (χ1v) is 7.37. The van der Waals surface area contributed by atoms with Crippen molar-refractivity contribution in [1.29, 1.82) is 0 Å². The highest BCUT2D eigenvalue weighted by molar-refractivity contribution is 9.10. The van der Waals surface area contributed by atoms with E-state index in [1.807, 2.05) is 13.8 Å². The van der Waals surface area contributed by atoms with Crippen LogP contribution in [0.3, 0.4) is 0 Å². The highest BCUT2D eigenvalue weighted by atomic mass is 79.9. The van der Waals surface area contributed by atoms with E-state index in [2.05, 4.69) is 22.0 Å². The van der Waals surface area contributed by atoms with Gasteiger partial charge in [0.15, 0.2) is 0 Å². The van der Waals surface area contributed by atoms with E-state index in [0.717, 1.165) is 39.8 Å². The van der Waals surface area contributed by atoms with Crippen molar-refractivity contribution in [3.63, 3.8) is 0 Å². The summed E-state index contributed by atoms with van der Waals surface area (Å²) < 4.78 is 6.56. The molecule has 1 aliphatic rings. The van der Waals surface area contributed by atoms with Crippen LogP contribution in [0.25, 0.3) is 0 Å². The lowest BCUT2D eigenvalue weighted by Crippen LogP contribution is -2.13. The Labute approximate surface area is 117 Å². The van der Waals surface area contributed by atoms with Crippen LogP contribution in [0, 0.1) is 19.8 Å². The van der Waals surface area contributed by atoms with Gasteiger partial charge in [0.25, 0.3) is 0 Å². The monoisotopic (exact) mass is 312 g/mol. The normalized spacial score (nSPS) is 18.1. The van der Waals surface area contributed by atoms with E-state index in [4.69, 9.17) is 4.74 Å². The molecule has 0 aromatic heterocycles. The minimum absolute atomic E-state index is 0.381. The number of benzene rings is 1. The molecule has 100 valence electrons. The predicted octanol–water partition coefficient (Wildman–Crippen LogP) is 4.30. The Morgan fingerprint density at radius 1 is 1.33 bits per heavy atom. The summed E-state index contributed by atoms with van der Waals surface area (Å²) in [5.41, 5.74) is 3.13. The molecule has 2 nitrogen and oxygen atoms in total. The SMILES string of the molecule is COc1c(C)cc(Br)c(C)c1C(O)C1CCCC1. The lowest BCUT2D eigenvalue weighted by molar-refractivity contribution is 0.108. The van der Waals surface area contributed by atoms with Gasteiger partial charge in [-0.05, 0) is 49.8 Å². The fourth-order valence-electron chi connectivity index (χ4n) is 3.01. The van der Waals surface area contributed by atoms with Crippen LogP contribution in [0.1, 0.15) is 48.5 Å². The second-order valence-corrected chi connectivity index (χ2v) is 6.09. The molecular formula is C15H21BrO2. The fraction of sp³-hybridized carbons (Fsp3) is 0.600. The Balaban J connectivity index is 2.46. The Kier molecular flexibility index (Phi) is 4.33. The first-order chi connectivity index (χ1) is 8.56. The van der Waals surface area contributed by atoms with Crippen LogP contribution in [0.15, 0.2) is 10.5 Å². The number of halogens is 1. The fourth-order valence-corrected chi connectivity index (χ4v) is 3.57. The zero-order chi connectivity index (χ0) is 13.3. The summed E-state index contributed by atoms with van der Waals surface area (Å²) in [5.74, 6) is 1.22. The number of hydrogen-bond donors (Lipinski definition) is 1. The Bertz CT molecular complexity index is 437. The van der Waals surface area contributed by atoms with Crippen molar-refractivity contribution >= 4 is 15.9 Å². The van der Waals surface area contributed by atoms with Gasteiger partial charge in [-0.25, -0.2) is 0 Å². The van der Waals surface area contributed by atoms with E-state index in [1.165, 1.54) is 12.8 Å². The van der Waals surface area contributed by atoms with Crippen molar-refractivity contribution in [3.05, 3.63) is 27.2 Å². The molecule has 18 heavy (non-hydrogen) atoms. The summed E-state index contributed by atoms with van der Waals surface area (Å²) in [6.45, 7) is 4.06. The molecule has 0 amide bonds. The molecule has 1 saturated carbocycles. The second-order valence-electron chi connectivity index (χ2n) is 5.24. The molecule has 0 heterocycles. The standard InChI is InChI=1S/C15H21BrO2/c1-9-8-12(16)10(2)13(15(9)18-3)14(17)11-6-4-5-7-11/h8,11,14,17H,4-7H2,1-3H3. The third kappa shape index (κ3) is 2.43. The van der Waals surface area contributed by atoms with E-state index in [0.29, 0.717) is 5.92 Å². The predicted molar refractivity (Wildman–Crippen MR) is 77.1 cm³/mol. The van der Waals surface area contributed by atoms with Crippen molar-refractivity contribution in [3.8, 4) is 5.75 Å². The van der Waals surface area contributed by atoms with Gasteiger partial charge in [-0.2, -0.15) is 0 Å². The number of rotatable bonds is 3. The van der Waals surface area contributed by atoms with Gasteiger partial charge in [0.2, 0.25) is 0 Å². The molecule has 2 rings (SSSR count). The van der Waals surface area contributed by atoms with Crippen LogP contribution in [0.5, 0.6) is 5.75 Å². The Hall–Kier alpha value is -0.540. The molecule has 1 aromatic carbocycles. The van der Waals surface area contributed by atoms with E-state index in [1.54, 1.807) is 7.11 Å². The molecule has 1 atom stereocenters. The molecule has 1 fully saturated rings. The number of aliphatic hydroxyl groups excluding tert-OH is 1. The number of aryl methyl sites for hydroxylation is 1. The van der Waals surface area contributed by atoms with E-state index in [9.17, 15) is 5.11 Å². The smallest absolute Gasteiger partial charge is 0.127 e. The third-order valence-electron chi connectivity index (χ3n) is 4.05. The summed E-state index contributed by atoms with van der Waals surface area (Å²) in [4.78, 5) is 0. The first kappa shape index (κ1) is 13.9. The van der Waals surface area contributed by atoms with Crippen LogP contribution >= 0.6 is 15.9 Å². The van der Waals surface area contributed by atoms with Crippen molar-refractivity contribution in [2.45, 2.75) is 45.6 Å². The largest absolute Gasteiger partial charge is 0.496 e. The van der Waals surface area contributed by atoms with Crippen molar-refractivity contribution in [2.75, 3.05) is 7.11 Å².